The topological polar surface area (TPSA) is 164 Å². The fourth-order valence-electron chi connectivity index (χ4n) is 3.70. The lowest BCUT2D eigenvalue weighted by molar-refractivity contribution is 0.190. The molecular weight excluding hydrogens is 472 g/mol. The van der Waals surface area contributed by atoms with Crippen molar-refractivity contribution in [3.63, 3.8) is 0 Å². The predicted octanol–water partition coefficient (Wildman–Crippen LogP) is 1.69. The largest absolute Gasteiger partial charge is 0.337 e. The molecule has 14 heteroatoms. The minimum Gasteiger partial charge on any atom is -0.337 e. The summed E-state index contributed by atoms with van der Waals surface area (Å²) in [7, 11) is 0. The number of hydrogen-bond donors (Lipinski definition) is 2. The van der Waals surface area contributed by atoms with E-state index in [2.05, 4.69) is 25.4 Å². The summed E-state index contributed by atoms with van der Waals surface area (Å²) < 4.78 is 29.2. The van der Waals surface area contributed by atoms with Gasteiger partial charge in [0.2, 0.25) is 5.95 Å². The summed E-state index contributed by atoms with van der Waals surface area (Å²) in [6.45, 7) is 1.31. The van der Waals surface area contributed by atoms with E-state index in [4.69, 9.17) is 15.9 Å². The van der Waals surface area contributed by atoms with E-state index in [0.717, 1.165) is 23.2 Å². The van der Waals surface area contributed by atoms with E-state index in [0.29, 0.717) is 31.7 Å². The van der Waals surface area contributed by atoms with Gasteiger partial charge in [0.1, 0.15) is 18.2 Å². The Balaban J connectivity index is 1.42. The number of rotatable bonds is 6. The highest BCUT2D eigenvalue weighted by molar-refractivity contribution is 5.75. The summed E-state index contributed by atoms with van der Waals surface area (Å²) in [4.78, 5) is 28.2. The van der Waals surface area contributed by atoms with Crippen molar-refractivity contribution in [2.45, 2.75) is 12.5 Å². The fourth-order valence-corrected chi connectivity index (χ4v) is 3.70. The van der Waals surface area contributed by atoms with Crippen LogP contribution in [0.5, 0.6) is 0 Å². The van der Waals surface area contributed by atoms with E-state index in [-0.39, 0.29) is 29.6 Å². The number of aromatic nitrogens is 5. The Morgan fingerprint density at radius 2 is 1.94 bits per heavy atom. The van der Waals surface area contributed by atoms with Crippen LogP contribution in [0.3, 0.4) is 0 Å². The summed E-state index contributed by atoms with van der Waals surface area (Å²) in [5.74, 6) is -1.39. The van der Waals surface area contributed by atoms with Gasteiger partial charge in [-0.05, 0) is 30.0 Å². The van der Waals surface area contributed by atoms with Crippen LogP contribution < -0.4 is 10.2 Å². The highest BCUT2D eigenvalue weighted by atomic mass is 19.1. The van der Waals surface area contributed by atoms with Crippen LogP contribution in [0, 0.1) is 39.7 Å². The van der Waals surface area contributed by atoms with Crippen molar-refractivity contribution in [1.82, 2.24) is 34.9 Å². The predicted molar refractivity (Wildman–Crippen MR) is 121 cm³/mol. The summed E-state index contributed by atoms with van der Waals surface area (Å²) in [5.41, 5.74) is 0.512. The first kappa shape index (κ1) is 24.2. The first-order chi connectivity index (χ1) is 17.4. The second-order valence-corrected chi connectivity index (χ2v) is 7.77. The number of piperazine rings is 1. The first-order valence-electron chi connectivity index (χ1n) is 10.8. The number of nitriles is 2. The molecule has 1 saturated heterocycles. The summed E-state index contributed by atoms with van der Waals surface area (Å²) >= 11 is 0. The van der Waals surface area contributed by atoms with Crippen LogP contribution in [0.1, 0.15) is 29.4 Å². The quantitative estimate of drug-likeness (QED) is 0.492. The molecule has 1 aliphatic heterocycles. The van der Waals surface area contributed by atoms with Gasteiger partial charge in [0.05, 0.1) is 23.9 Å². The highest BCUT2D eigenvalue weighted by Gasteiger charge is 2.26. The Bertz CT molecular complexity index is 1370. The molecule has 1 aromatic carbocycles. The van der Waals surface area contributed by atoms with E-state index < -0.39 is 23.7 Å². The molecule has 0 bridgehead atoms. The van der Waals surface area contributed by atoms with Gasteiger partial charge in [-0.2, -0.15) is 20.2 Å². The molecule has 182 valence electrons. The van der Waals surface area contributed by atoms with Crippen molar-refractivity contribution in [1.29, 1.82) is 15.9 Å². The van der Waals surface area contributed by atoms with Gasteiger partial charge in [-0.15, -0.1) is 5.10 Å². The van der Waals surface area contributed by atoms with Gasteiger partial charge in [0.25, 0.3) is 5.82 Å². The van der Waals surface area contributed by atoms with Gasteiger partial charge in [0.15, 0.2) is 11.6 Å². The maximum absolute atomic E-state index is 14.3. The third-order valence-corrected chi connectivity index (χ3v) is 5.47. The lowest BCUT2D eigenvalue weighted by Gasteiger charge is -2.35. The number of nitrogens with one attached hydrogen (secondary N) is 2. The maximum Gasteiger partial charge on any atom is 0.318 e. The molecule has 0 aliphatic carbocycles. The number of carbonyl (C=O) groups excluding carboxylic acids is 1. The number of anilines is 1. The summed E-state index contributed by atoms with van der Waals surface area (Å²) in [6.07, 6.45) is 3.42. The maximum atomic E-state index is 14.3. The van der Waals surface area contributed by atoms with E-state index in [1.165, 1.54) is 18.5 Å². The zero-order valence-corrected chi connectivity index (χ0v) is 18.8. The Labute approximate surface area is 203 Å². The van der Waals surface area contributed by atoms with Gasteiger partial charge in [0, 0.05) is 32.6 Å². The molecule has 1 fully saturated rings. The second kappa shape index (κ2) is 10.5. The van der Waals surface area contributed by atoms with E-state index in [1.54, 1.807) is 15.9 Å². The van der Waals surface area contributed by atoms with Crippen molar-refractivity contribution in [2.24, 2.45) is 0 Å². The molecule has 0 unspecified atom stereocenters. The van der Waals surface area contributed by atoms with E-state index >= 15 is 0 Å². The van der Waals surface area contributed by atoms with Crippen molar-refractivity contribution in [3.8, 4) is 18.0 Å². The fraction of sp³-hybridized carbons (Fsp3) is 0.273. The molecule has 2 aromatic heterocycles. The first-order valence-corrected chi connectivity index (χ1v) is 10.8. The van der Waals surface area contributed by atoms with Crippen LogP contribution in [0.15, 0.2) is 30.7 Å². The summed E-state index contributed by atoms with van der Waals surface area (Å²) in [5, 5.41) is 32.0. The van der Waals surface area contributed by atoms with Crippen molar-refractivity contribution < 1.29 is 13.6 Å². The molecule has 12 nitrogen and oxygen atoms in total. The molecule has 2 N–H and O–H groups in total. The Morgan fingerprint density at radius 1 is 1.17 bits per heavy atom. The average Bonchev–Trinajstić information content (AvgIpc) is 3.37. The number of urea groups is 1. The smallest absolute Gasteiger partial charge is 0.318 e. The highest BCUT2D eigenvalue weighted by Crippen LogP contribution is 2.21. The zero-order valence-electron chi connectivity index (χ0n) is 18.8. The van der Waals surface area contributed by atoms with Crippen molar-refractivity contribution >= 4 is 18.2 Å². The molecule has 1 aliphatic rings. The van der Waals surface area contributed by atoms with Gasteiger partial charge in [-0.1, -0.05) is 0 Å². The Kier molecular flexibility index (Phi) is 7.06. The molecule has 0 saturated carbocycles. The lowest BCUT2D eigenvalue weighted by atomic mass is 10.0. The van der Waals surface area contributed by atoms with Gasteiger partial charge in [-0.25, -0.2) is 23.5 Å². The van der Waals surface area contributed by atoms with Crippen LogP contribution in [-0.2, 0) is 0 Å². The zero-order chi connectivity index (χ0) is 25.7. The molecule has 0 radical (unpaired) electrons. The van der Waals surface area contributed by atoms with Crippen LogP contribution in [0.2, 0.25) is 0 Å². The molecule has 2 amide bonds. The SMILES string of the molecule is N#Cc1cc(F)cc([C@H](CC=N)NC(=O)N2CCN(c3ncc(F)c(-n4cnc(C#N)n4)n3)CC2)c1. The molecule has 1 atom stereocenters. The number of hydrogen-bond acceptors (Lipinski definition) is 9. The lowest BCUT2D eigenvalue weighted by Crippen LogP contribution is -2.52. The van der Waals surface area contributed by atoms with E-state index in [1.807, 2.05) is 6.07 Å². The number of halogens is 2. The van der Waals surface area contributed by atoms with Crippen molar-refractivity contribution in [3.05, 3.63) is 59.3 Å². The van der Waals surface area contributed by atoms with Crippen molar-refractivity contribution in [2.75, 3.05) is 31.1 Å². The van der Waals surface area contributed by atoms with Gasteiger partial charge >= 0.3 is 6.03 Å². The minimum atomic E-state index is -0.736. The van der Waals surface area contributed by atoms with Crippen LogP contribution >= 0.6 is 0 Å². The minimum absolute atomic E-state index is 0.122. The number of benzene rings is 1. The van der Waals surface area contributed by atoms with Crippen LogP contribution in [-0.4, -0.2) is 68.1 Å². The Morgan fingerprint density at radius 3 is 2.61 bits per heavy atom. The number of nitrogens with zero attached hydrogens (tertiary/aromatic N) is 9. The second-order valence-electron chi connectivity index (χ2n) is 7.77. The van der Waals surface area contributed by atoms with E-state index in [9.17, 15) is 13.6 Å². The molecule has 0 spiro atoms. The summed E-state index contributed by atoms with van der Waals surface area (Å²) in [6, 6.07) is 6.36. The van der Waals surface area contributed by atoms with Gasteiger partial charge < -0.3 is 20.5 Å². The monoisotopic (exact) mass is 491 g/mol. The molecule has 36 heavy (non-hydrogen) atoms. The molecule has 3 heterocycles. The Hall–Kier alpha value is -4.98. The van der Waals surface area contributed by atoms with Gasteiger partial charge in [-0.3, -0.25) is 0 Å². The number of carbonyl (C=O) groups is 1. The van der Waals surface area contributed by atoms with Crippen LogP contribution in [0.4, 0.5) is 19.5 Å². The molecule has 3 aromatic rings. The average molecular weight is 491 g/mol. The standard InChI is InChI=1S/C22H19F2N11O/c23-16-8-14(10-26)7-15(9-16)18(1-2-25)30-22(36)34-5-3-33(4-6-34)21-28-12-17(24)20(31-21)35-13-29-19(11-27)32-35/h2,7-9,12-13,18,25H,1,3-6H2,(H,30,36)/t18-/m0/s1. The molecule has 4 rings (SSSR count). The molecular formula is C22H19F2N11O. The number of amides is 2. The third kappa shape index (κ3) is 5.23. The normalized spacial score (nSPS) is 14.0. The van der Waals surface area contributed by atoms with Crippen LogP contribution in [0.25, 0.3) is 5.82 Å². The third-order valence-electron chi connectivity index (χ3n) is 5.47.